The Morgan fingerprint density at radius 2 is 2.04 bits per heavy atom. The highest BCUT2D eigenvalue weighted by molar-refractivity contribution is 6.00. The van der Waals surface area contributed by atoms with Crippen LogP contribution in [0, 0.1) is 11.2 Å². The molecule has 28 heavy (non-hydrogen) atoms. The normalized spacial score (nSPS) is 21.0. The average molecular weight is 382 g/mol. The van der Waals surface area contributed by atoms with Gasteiger partial charge in [-0.05, 0) is 23.8 Å². The second-order valence-corrected chi connectivity index (χ2v) is 9.11. The molecule has 0 aliphatic heterocycles. The number of rotatable bonds is 3. The summed E-state index contributed by atoms with van der Waals surface area (Å²) in [5, 5.41) is 7.81. The predicted molar refractivity (Wildman–Crippen MR) is 106 cm³/mol. The summed E-state index contributed by atoms with van der Waals surface area (Å²) >= 11 is 0. The van der Waals surface area contributed by atoms with Gasteiger partial charge in [-0.1, -0.05) is 39.3 Å². The van der Waals surface area contributed by atoms with Crippen LogP contribution in [-0.2, 0) is 11.2 Å². The first-order valence-corrected chi connectivity index (χ1v) is 9.87. The van der Waals surface area contributed by atoms with Crippen molar-refractivity contribution in [3.8, 4) is 5.75 Å². The molecule has 4 rings (SSSR count). The van der Waals surface area contributed by atoms with Crippen molar-refractivity contribution < 1.29 is 13.9 Å². The Morgan fingerprint density at radius 3 is 2.71 bits per heavy atom. The number of benzene rings is 1. The van der Waals surface area contributed by atoms with E-state index < -0.39 is 0 Å². The summed E-state index contributed by atoms with van der Waals surface area (Å²) in [6.07, 6.45) is 2.12. The van der Waals surface area contributed by atoms with E-state index in [4.69, 9.17) is 4.74 Å². The highest BCUT2D eigenvalue weighted by Gasteiger charge is 2.43. The number of aromatic amines is 1. The van der Waals surface area contributed by atoms with Crippen molar-refractivity contribution in [3.63, 3.8) is 0 Å². The highest BCUT2D eigenvalue weighted by atomic mass is 19.1. The summed E-state index contributed by atoms with van der Waals surface area (Å²) in [6.45, 7) is 8.49. The van der Waals surface area contributed by atoms with Gasteiger partial charge in [0.1, 0.15) is 11.6 Å². The molecule has 1 heterocycles. The Bertz CT molecular complexity index is 984. The number of fused-ring (bicyclic) bond motifs is 1. The molecule has 1 aromatic heterocycles. The number of hydrogen-bond acceptors (Lipinski definition) is 3. The van der Waals surface area contributed by atoms with Crippen LogP contribution in [0.3, 0.4) is 0 Å². The van der Waals surface area contributed by atoms with Crippen LogP contribution < -0.4 is 4.74 Å². The van der Waals surface area contributed by atoms with Crippen LogP contribution in [-0.4, -0.2) is 23.1 Å². The Morgan fingerprint density at radius 1 is 1.29 bits per heavy atom. The molecule has 4 nitrogen and oxygen atoms in total. The summed E-state index contributed by atoms with van der Waals surface area (Å²) in [5.41, 5.74) is 5.90. The van der Waals surface area contributed by atoms with Crippen molar-refractivity contribution in [2.24, 2.45) is 5.41 Å². The number of nitrogens with zero attached hydrogens (tertiary/aromatic N) is 1. The minimum absolute atomic E-state index is 0.0498. The first-order chi connectivity index (χ1) is 13.2. The minimum Gasteiger partial charge on any atom is -0.496 e. The van der Waals surface area contributed by atoms with E-state index in [0.29, 0.717) is 12.2 Å². The van der Waals surface area contributed by atoms with Crippen molar-refractivity contribution in [3.05, 3.63) is 57.7 Å². The lowest BCUT2D eigenvalue weighted by atomic mass is 9.64. The minimum atomic E-state index is -0.349. The molecule has 0 bridgehead atoms. The summed E-state index contributed by atoms with van der Waals surface area (Å²) in [5.74, 6) is 0.251. The Balaban J connectivity index is 1.99. The van der Waals surface area contributed by atoms with Gasteiger partial charge in [-0.15, -0.1) is 0 Å². The fraction of sp³-hybridized carbons (Fsp3) is 0.478. The molecule has 2 aliphatic rings. The number of methoxy groups -OCH3 is 1. The second-order valence-electron chi connectivity index (χ2n) is 9.11. The standard InChI is InChI=1S/C23H27FN2O2/c1-12(2)22-21-16(25-26-22)8-13-10-23(3,4)11-17(27)19(13)20(21)15-7-6-14(24)9-18(15)28-5/h6-7,9,12,20H,8,10-11H2,1-5H3,(H,25,26)/t20-/m1/s1. The third kappa shape index (κ3) is 2.97. The number of ether oxygens (including phenoxy) is 1. The van der Waals surface area contributed by atoms with Crippen molar-refractivity contribution in [1.29, 1.82) is 0 Å². The smallest absolute Gasteiger partial charge is 0.160 e. The van der Waals surface area contributed by atoms with Gasteiger partial charge in [0.15, 0.2) is 5.78 Å². The van der Waals surface area contributed by atoms with Crippen LogP contribution in [0.5, 0.6) is 5.75 Å². The van der Waals surface area contributed by atoms with Gasteiger partial charge in [0, 0.05) is 47.2 Å². The predicted octanol–water partition coefficient (Wildman–Crippen LogP) is 5.05. The summed E-state index contributed by atoms with van der Waals surface area (Å²) in [4.78, 5) is 13.3. The van der Waals surface area contributed by atoms with Gasteiger partial charge in [-0.3, -0.25) is 9.89 Å². The van der Waals surface area contributed by atoms with Crippen LogP contribution in [0.2, 0.25) is 0 Å². The van der Waals surface area contributed by atoms with Crippen LogP contribution in [0.15, 0.2) is 29.3 Å². The summed E-state index contributed by atoms with van der Waals surface area (Å²) in [7, 11) is 1.54. The fourth-order valence-electron chi connectivity index (χ4n) is 4.88. The molecule has 0 fully saturated rings. The maximum atomic E-state index is 13.9. The number of hydrogen-bond donors (Lipinski definition) is 1. The van der Waals surface area contributed by atoms with Gasteiger partial charge < -0.3 is 4.74 Å². The first kappa shape index (κ1) is 18.9. The molecule has 2 aromatic rings. The van der Waals surface area contributed by atoms with E-state index in [2.05, 4.69) is 37.9 Å². The van der Waals surface area contributed by atoms with E-state index in [1.165, 1.54) is 17.7 Å². The number of aromatic nitrogens is 2. The van der Waals surface area contributed by atoms with E-state index in [1.807, 2.05) is 0 Å². The zero-order chi connectivity index (χ0) is 20.2. The molecule has 1 atom stereocenters. The summed E-state index contributed by atoms with van der Waals surface area (Å²) < 4.78 is 19.4. The number of H-pyrrole nitrogens is 1. The lowest BCUT2D eigenvalue weighted by Gasteiger charge is -2.38. The van der Waals surface area contributed by atoms with Gasteiger partial charge in [-0.2, -0.15) is 5.10 Å². The van der Waals surface area contributed by atoms with Crippen molar-refractivity contribution in [2.75, 3.05) is 7.11 Å². The maximum Gasteiger partial charge on any atom is 0.160 e. The van der Waals surface area contributed by atoms with Crippen LogP contribution in [0.4, 0.5) is 4.39 Å². The third-order valence-corrected chi connectivity index (χ3v) is 5.95. The average Bonchev–Trinajstić information content (AvgIpc) is 3.02. The van der Waals surface area contributed by atoms with Gasteiger partial charge in [0.05, 0.1) is 12.8 Å². The van der Waals surface area contributed by atoms with Gasteiger partial charge in [0.2, 0.25) is 0 Å². The first-order valence-electron chi connectivity index (χ1n) is 9.87. The second kappa shape index (κ2) is 6.57. The van der Waals surface area contributed by atoms with Crippen LogP contribution in [0.1, 0.15) is 74.9 Å². The quantitative estimate of drug-likeness (QED) is 0.808. The number of carbonyl (C=O) groups excluding carboxylic acids is 1. The molecule has 148 valence electrons. The van der Waals surface area contributed by atoms with Crippen molar-refractivity contribution in [2.45, 2.75) is 58.8 Å². The van der Waals surface area contributed by atoms with Crippen LogP contribution in [0.25, 0.3) is 0 Å². The van der Waals surface area contributed by atoms with E-state index in [9.17, 15) is 9.18 Å². The molecule has 0 saturated carbocycles. The van der Waals surface area contributed by atoms with E-state index in [1.54, 1.807) is 13.2 Å². The molecule has 0 radical (unpaired) electrons. The molecular weight excluding hydrogens is 355 g/mol. The van der Waals surface area contributed by atoms with E-state index >= 15 is 0 Å². The Kier molecular flexibility index (Phi) is 4.44. The zero-order valence-corrected chi connectivity index (χ0v) is 17.1. The molecule has 0 saturated heterocycles. The largest absolute Gasteiger partial charge is 0.496 e. The summed E-state index contributed by atoms with van der Waals surface area (Å²) in [6, 6.07) is 4.59. The Hall–Kier alpha value is -2.43. The zero-order valence-electron chi connectivity index (χ0n) is 17.1. The van der Waals surface area contributed by atoms with Crippen molar-refractivity contribution >= 4 is 5.78 Å². The molecule has 5 heteroatoms. The Labute approximate surface area is 165 Å². The number of ketones is 1. The van der Waals surface area contributed by atoms with E-state index in [-0.39, 0.29) is 28.9 Å². The van der Waals surface area contributed by atoms with E-state index in [0.717, 1.165) is 40.9 Å². The van der Waals surface area contributed by atoms with Gasteiger partial charge >= 0.3 is 0 Å². The number of Topliss-reactive ketones (excluding diaryl/α,β-unsaturated/α-hetero) is 1. The molecule has 0 amide bonds. The van der Waals surface area contributed by atoms with Crippen molar-refractivity contribution in [1.82, 2.24) is 10.2 Å². The fourth-order valence-corrected chi connectivity index (χ4v) is 4.88. The number of carbonyl (C=O) groups is 1. The molecule has 1 N–H and O–H groups in total. The molecular formula is C23H27FN2O2. The number of nitrogens with one attached hydrogen (secondary N) is 1. The number of halogens is 1. The van der Waals surface area contributed by atoms with Gasteiger partial charge in [0.25, 0.3) is 0 Å². The molecule has 2 aliphatic carbocycles. The molecule has 0 spiro atoms. The number of allylic oxidation sites excluding steroid dienone is 2. The van der Waals surface area contributed by atoms with Gasteiger partial charge in [-0.25, -0.2) is 4.39 Å². The topological polar surface area (TPSA) is 55.0 Å². The molecule has 1 aromatic carbocycles. The third-order valence-electron chi connectivity index (χ3n) is 5.95. The monoisotopic (exact) mass is 382 g/mol. The molecule has 0 unspecified atom stereocenters. The van der Waals surface area contributed by atoms with Crippen LogP contribution >= 0.6 is 0 Å². The highest BCUT2D eigenvalue weighted by Crippen LogP contribution is 2.51. The SMILES string of the molecule is COc1cc(F)ccc1[C@@H]1C2=C(Cc3[nH]nc(C(C)C)c31)CC(C)(C)CC2=O. The lowest BCUT2D eigenvalue weighted by molar-refractivity contribution is -0.118. The lowest BCUT2D eigenvalue weighted by Crippen LogP contribution is -2.32. The maximum absolute atomic E-state index is 13.9.